The summed E-state index contributed by atoms with van der Waals surface area (Å²) >= 11 is 12.0. The Balaban J connectivity index is 1.55. The third-order valence-electron chi connectivity index (χ3n) is 4.69. The molecule has 0 bridgehead atoms. The number of hydrogen-bond acceptors (Lipinski definition) is 5. The van der Waals surface area contributed by atoms with Crippen molar-refractivity contribution < 1.29 is 24.5 Å². The maximum absolute atomic E-state index is 12.3. The van der Waals surface area contributed by atoms with Gasteiger partial charge in [-0.2, -0.15) is 0 Å². The Bertz CT molecular complexity index is 875. The first-order chi connectivity index (χ1) is 13.8. The molecule has 1 aliphatic rings. The molecule has 2 aromatic carbocycles. The number of ether oxygens (including phenoxy) is 1. The molecule has 1 aliphatic heterocycles. The summed E-state index contributed by atoms with van der Waals surface area (Å²) in [6.07, 6.45) is -2.18. The van der Waals surface area contributed by atoms with E-state index >= 15 is 0 Å². The highest BCUT2D eigenvalue weighted by atomic mass is 35.5. The molecule has 7 nitrogen and oxygen atoms in total. The summed E-state index contributed by atoms with van der Waals surface area (Å²) < 4.78 is 5.43. The second-order valence-corrected chi connectivity index (χ2v) is 7.57. The fourth-order valence-electron chi connectivity index (χ4n) is 3.02. The molecule has 0 spiro atoms. The van der Waals surface area contributed by atoms with E-state index < -0.39 is 23.7 Å². The lowest BCUT2D eigenvalue weighted by Gasteiger charge is -2.26. The van der Waals surface area contributed by atoms with Crippen LogP contribution in [0.25, 0.3) is 0 Å². The molecular weight excluding hydrogens is 419 g/mol. The summed E-state index contributed by atoms with van der Waals surface area (Å²) in [6, 6.07) is 13.2. The van der Waals surface area contributed by atoms with E-state index in [1.165, 1.54) is 12.1 Å². The Hall–Kier alpha value is -2.16. The first-order valence-corrected chi connectivity index (χ1v) is 9.65. The molecule has 0 saturated carbocycles. The van der Waals surface area contributed by atoms with Crippen molar-refractivity contribution in [3.8, 4) is 0 Å². The Morgan fingerprint density at radius 3 is 2.34 bits per heavy atom. The van der Waals surface area contributed by atoms with Gasteiger partial charge >= 0.3 is 0 Å². The zero-order valence-corrected chi connectivity index (χ0v) is 16.8. The molecule has 9 heteroatoms. The second kappa shape index (κ2) is 9.11. The van der Waals surface area contributed by atoms with Gasteiger partial charge in [0, 0.05) is 12.1 Å². The molecule has 1 saturated heterocycles. The molecule has 3 rings (SSSR count). The Labute approximate surface area is 177 Å². The van der Waals surface area contributed by atoms with Gasteiger partial charge in [0.25, 0.3) is 11.8 Å². The van der Waals surface area contributed by atoms with Gasteiger partial charge < -0.3 is 25.6 Å². The van der Waals surface area contributed by atoms with Crippen LogP contribution in [0.4, 0.5) is 0 Å². The third kappa shape index (κ3) is 4.88. The van der Waals surface area contributed by atoms with Crippen LogP contribution in [0.15, 0.2) is 48.5 Å². The predicted molar refractivity (Wildman–Crippen MR) is 108 cm³/mol. The number of hydrogen-bond donors (Lipinski definition) is 4. The monoisotopic (exact) mass is 438 g/mol. The number of aliphatic hydroxyl groups excluding tert-OH is 1. The number of rotatable bonds is 6. The van der Waals surface area contributed by atoms with Crippen molar-refractivity contribution in [1.29, 1.82) is 0 Å². The van der Waals surface area contributed by atoms with E-state index in [9.17, 15) is 19.8 Å². The van der Waals surface area contributed by atoms with Crippen molar-refractivity contribution in [2.75, 3.05) is 19.7 Å². The Morgan fingerprint density at radius 1 is 1.03 bits per heavy atom. The Kier molecular flexibility index (Phi) is 6.77. The summed E-state index contributed by atoms with van der Waals surface area (Å²) in [4.78, 5) is 24.5. The van der Waals surface area contributed by atoms with Gasteiger partial charge in [-0.25, -0.2) is 0 Å². The number of nitrogens with one attached hydrogen (secondary N) is 2. The molecular formula is C20H20Cl2N2O5. The van der Waals surface area contributed by atoms with Crippen molar-refractivity contribution in [2.45, 2.75) is 17.8 Å². The summed E-state index contributed by atoms with van der Waals surface area (Å²) in [5.74, 6) is -0.902. The topological polar surface area (TPSA) is 108 Å². The molecule has 0 unspecified atom stereocenters. The zero-order valence-electron chi connectivity index (χ0n) is 15.3. The highest BCUT2D eigenvalue weighted by molar-refractivity contribution is 6.39. The number of carbonyl (C=O) groups is 2. The molecule has 2 aromatic rings. The minimum Gasteiger partial charge on any atom is -0.387 e. The SMILES string of the molecule is O=C(NC[C@]1(O)CO[C@H](CNC(=O)c2c(Cl)cccc2Cl)[C@H]1O)c1ccccc1. The van der Waals surface area contributed by atoms with E-state index in [0.717, 1.165) is 0 Å². The van der Waals surface area contributed by atoms with Crippen LogP contribution >= 0.6 is 23.2 Å². The average molecular weight is 439 g/mol. The number of carbonyl (C=O) groups excluding carboxylic acids is 2. The smallest absolute Gasteiger partial charge is 0.254 e. The first kappa shape index (κ1) is 21.5. The largest absolute Gasteiger partial charge is 0.387 e. The van der Waals surface area contributed by atoms with Crippen LogP contribution in [-0.2, 0) is 4.74 Å². The fraction of sp³-hybridized carbons (Fsp3) is 0.300. The molecule has 0 aliphatic carbocycles. The minimum absolute atomic E-state index is 0.0729. The van der Waals surface area contributed by atoms with Crippen molar-refractivity contribution in [3.63, 3.8) is 0 Å². The molecule has 3 atom stereocenters. The first-order valence-electron chi connectivity index (χ1n) is 8.89. The van der Waals surface area contributed by atoms with E-state index in [1.54, 1.807) is 36.4 Å². The molecule has 154 valence electrons. The van der Waals surface area contributed by atoms with E-state index in [2.05, 4.69) is 10.6 Å². The van der Waals surface area contributed by atoms with Crippen molar-refractivity contribution in [3.05, 3.63) is 69.7 Å². The third-order valence-corrected chi connectivity index (χ3v) is 5.32. The Morgan fingerprint density at radius 2 is 1.69 bits per heavy atom. The van der Waals surface area contributed by atoms with E-state index in [-0.39, 0.29) is 41.2 Å². The lowest BCUT2D eigenvalue weighted by atomic mass is 9.96. The average Bonchev–Trinajstić information content (AvgIpc) is 3.00. The normalized spacial score (nSPS) is 23.6. The maximum atomic E-state index is 12.3. The van der Waals surface area contributed by atoms with E-state index in [1.807, 2.05) is 0 Å². The number of aliphatic hydroxyl groups is 2. The molecule has 1 heterocycles. The van der Waals surface area contributed by atoms with Gasteiger partial charge in [-0.05, 0) is 24.3 Å². The van der Waals surface area contributed by atoms with Gasteiger partial charge in [-0.1, -0.05) is 47.5 Å². The van der Waals surface area contributed by atoms with Crippen molar-refractivity contribution in [1.82, 2.24) is 10.6 Å². The van der Waals surface area contributed by atoms with Gasteiger partial charge in [-0.3, -0.25) is 9.59 Å². The van der Waals surface area contributed by atoms with Crippen molar-refractivity contribution in [2.24, 2.45) is 0 Å². The summed E-state index contributed by atoms with van der Waals surface area (Å²) in [7, 11) is 0. The zero-order chi connectivity index (χ0) is 21.0. The van der Waals surface area contributed by atoms with E-state index in [4.69, 9.17) is 27.9 Å². The molecule has 2 amide bonds. The van der Waals surface area contributed by atoms with Crippen LogP contribution in [-0.4, -0.2) is 59.5 Å². The fourth-order valence-corrected chi connectivity index (χ4v) is 3.59. The summed E-state index contributed by atoms with van der Waals surface area (Å²) in [5.41, 5.74) is -1.12. The van der Waals surface area contributed by atoms with Gasteiger partial charge in [0.05, 0.1) is 28.8 Å². The highest BCUT2D eigenvalue weighted by Crippen LogP contribution is 2.26. The van der Waals surface area contributed by atoms with Crippen LogP contribution in [0.2, 0.25) is 10.0 Å². The van der Waals surface area contributed by atoms with Crippen LogP contribution in [0, 0.1) is 0 Å². The standard InChI is InChI=1S/C20H20Cl2N2O5/c21-13-7-4-8-14(22)16(13)19(27)23-9-15-17(25)20(28,11-29-15)10-24-18(26)12-5-2-1-3-6-12/h1-8,15,17,25,28H,9-11H2,(H,23,27)(H,24,26)/t15-,17-,20+/m1/s1. The summed E-state index contributed by atoms with van der Waals surface area (Å²) in [5, 5.41) is 26.7. The molecule has 29 heavy (non-hydrogen) atoms. The molecule has 4 N–H and O–H groups in total. The van der Waals surface area contributed by atoms with Gasteiger partial charge in [0.2, 0.25) is 0 Å². The number of halogens is 2. The van der Waals surface area contributed by atoms with Gasteiger partial charge in [0.1, 0.15) is 17.8 Å². The molecule has 0 aromatic heterocycles. The lowest BCUT2D eigenvalue weighted by molar-refractivity contribution is -0.0464. The maximum Gasteiger partial charge on any atom is 0.254 e. The highest BCUT2D eigenvalue weighted by Gasteiger charge is 2.48. The van der Waals surface area contributed by atoms with Crippen LogP contribution < -0.4 is 10.6 Å². The molecule has 0 radical (unpaired) electrons. The number of amides is 2. The summed E-state index contributed by atoms with van der Waals surface area (Å²) in [6.45, 7) is -0.476. The van der Waals surface area contributed by atoms with Gasteiger partial charge in [-0.15, -0.1) is 0 Å². The predicted octanol–water partition coefficient (Wildman–Crippen LogP) is 1.64. The quantitative estimate of drug-likeness (QED) is 0.548. The van der Waals surface area contributed by atoms with Crippen LogP contribution in [0.1, 0.15) is 20.7 Å². The van der Waals surface area contributed by atoms with Crippen LogP contribution in [0.5, 0.6) is 0 Å². The van der Waals surface area contributed by atoms with Crippen molar-refractivity contribution >= 4 is 35.0 Å². The van der Waals surface area contributed by atoms with E-state index in [0.29, 0.717) is 5.56 Å². The number of benzene rings is 2. The lowest BCUT2D eigenvalue weighted by Crippen LogP contribution is -2.53. The minimum atomic E-state index is -1.68. The second-order valence-electron chi connectivity index (χ2n) is 6.75. The van der Waals surface area contributed by atoms with Crippen LogP contribution in [0.3, 0.4) is 0 Å². The van der Waals surface area contributed by atoms with Gasteiger partial charge in [0.15, 0.2) is 0 Å². The molecule has 1 fully saturated rings.